The third kappa shape index (κ3) is 5.19. The Kier molecular flexibility index (Phi) is 7.15. The molecule has 0 bridgehead atoms. The highest BCUT2D eigenvalue weighted by molar-refractivity contribution is 5.74. The van der Waals surface area contributed by atoms with Crippen LogP contribution in [0.5, 0.6) is 5.88 Å². The minimum atomic E-state index is -0.634. The highest BCUT2D eigenvalue weighted by Crippen LogP contribution is 2.34. The fourth-order valence-corrected chi connectivity index (χ4v) is 4.59. The first kappa shape index (κ1) is 24.6. The van der Waals surface area contributed by atoms with Gasteiger partial charge < -0.3 is 29.1 Å². The van der Waals surface area contributed by atoms with Gasteiger partial charge in [0.2, 0.25) is 11.8 Å². The van der Waals surface area contributed by atoms with E-state index in [1.165, 1.54) is 0 Å². The zero-order valence-electron chi connectivity index (χ0n) is 21.1. The first-order valence-corrected chi connectivity index (χ1v) is 12.4. The molecule has 3 aliphatic rings. The topological polar surface area (TPSA) is 100 Å². The first-order chi connectivity index (χ1) is 17.4. The van der Waals surface area contributed by atoms with E-state index in [2.05, 4.69) is 31.9 Å². The van der Waals surface area contributed by atoms with E-state index in [9.17, 15) is 4.79 Å². The Bertz CT molecular complexity index is 1070. The molecule has 3 fully saturated rings. The molecule has 194 valence electrons. The summed E-state index contributed by atoms with van der Waals surface area (Å²) in [5, 5.41) is 0. The Labute approximate surface area is 210 Å². The maximum Gasteiger partial charge on any atom is 0.320 e. The van der Waals surface area contributed by atoms with Crippen molar-refractivity contribution in [1.29, 1.82) is 0 Å². The number of amides is 2. The van der Waals surface area contributed by atoms with Gasteiger partial charge in [0.05, 0.1) is 13.2 Å². The molecule has 5 rings (SSSR count). The van der Waals surface area contributed by atoms with E-state index in [4.69, 9.17) is 9.47 Å². The predicted octanol–water partition coefficient (Wildman–Crippen LogP) is 1.43. The van der Waals surface area contributed by atoms with Crippen molar-refractivity contribution in [3.63, 3.8) is 0 Å². The van der Waals surface area contributed by atoms with Crippen LogP contribution < -0.4 is 9.64 Å². The zero-order valence-corrected chi connectivity index (χ0v) is 21.1. The third-order valence-corrected chi connectivity index (χ3v) is 7.13. The summed E-state index contributed by atoms with van der Waals surface area (Å²) >= 11 is 0. The minimum absolute atomic E-state index is 0.0380. The zero-order chi connectivity index (χ0) is 25.2. The van der Waals surface area contributed by atoms with Crippen LogP contribution in [-0.2, 0) is 4.74 Å². The second-order valence-electron chi connectivity index (χ2n) is 9.66. The number of aromatic nitrogens is 4. The van der Waals surface area contributed by atoms with Gasteiger partial charge in [-0.25, -0.2) is 19.7 Å². The summed E-state index contributed by atoms with van der Waals surface area (Å²) in [4.78, 5) is 38.0. The molecule has 2 aromatic rings. The second-order valence-corrected chi connectivity index (χ2v) is 9.66. The van der Waals surface area contributed by atoms with Gasteiger partial charge in [-0.3, -0.25) is 0 Å². The molecule has 1 saturated carbocycles. The Hall–Kier alpha value is -3.12. The van der Waals surface area contributed by atoms with Gasteiger partial charge >= 0.3 is 6.03 Å². The Balaban J connectivity index is 1.29. The number of nitrogens with zero attached hydrogens (tertiary/aromatic N) is 8. The average Bonchev–Trinajstić information content (AvgIpc) is 2.87. The summed E-state index contributed by atoms with van der Waals surface area (Å²) in [6.45, 7) is 7.31. The molecule has 2 amide bonds. The van der Waals surface area contributed by atoms with Crippen molar-refractivity contribution < 1.29 is 18.7 Å². The summed E-state index contributed by atoms with van der Waals surface area (Å²) in [7, 11) is 3.90. The smallest absolute Gasteiger partial charge is 0.320 e. The lowest BCUT2D eigenvalue weighted by atomic mass is 9.88. The number of hydrogen-bond acceptors (Lipinski definition) is 9. The average molecular weight is 501 g/mol. The van der Waals surface area contributed by atoms with Gasteiger partial charge in [0.1, 0.15) is 17.6 Å². The number of aryl methyl sites for hydroxylation is 1. The summed E-state index contributed by atoms with van der Waals surface area (Å²) in [6, 6.07) is 0.0896. The second kappa shape index (κ2) is 10.5. The minimum Gasteiger partial charge on any atom is -0.472 e. The Morgan fingerprint density at radius 1 is 1.08 bits per heavy atom. The molecule has 11 nitrogen and oxygen atoms in total. The summed E-state index contributed by atoms with van der Waals surface area (Å²) in [5.41, 5.74) is 0.573. The number of likely N-dealkylation sites (N-methyl/N-ethyl adjacent to an activating group) is 1. The molecule has 2 saturated heterocycles. The summed E-state index contributed by atoms with van der Waals surface area (Å²) in [5.74, 6) is 0.265. The number of piperazine rings is 1. The highest BCUT2D eigenvalue weighted by atomic mass is 19.1. The number of halogens is 1. The maximum absolute atomic E-state index is 15.6. The summed E-state index contributed by atoms with van der Waals surface area (Å²) < 4.78 is 27.0. The standard InChI is InChI=1S/C24H33FN8O3/c1-16-26-14-17(15-27-16)21-20(25)22(29-23(28-21)32-8-10-35-11-9-32)36-19-12-18(13-19)31(3)24(34)33-6-4-30(2)5-7-33/h14-15,18-19H,4-13H2,1-3H3/t18-,19-. The van der Waals surface area contributed by atoms with Crippen LogP contribution in [0, 0.1) is 12.7 Å². The maximum atomic E-state index is 15.6. The normalized spacial score (nSPS) is 22.8. The van der Waals surface area contributed by atoms with Crippen LogP contribution in [0.15, 0.2) is 12.4 Å². The van der Waals surface area contributed by atoms with Crippen molar-refractivity contribution in [2.45, 2.75) is 31.9 Å². The van der Waals surface area contributed by atoms with Gasteiger partial charge in [0, 0.05) is 83.2 Å². The largest absolute Gasteiger partial charge is 0.472 e. The van der Waals surface area contributed by atoms with E-state index in [1.807, 2.05) is 16.8 Å². The number of morpholine rings is 1. The fourth-order valence-electron chi connectivity index (χ4n) is 4.59. The first-order valence-electron chi connectivity index (χ1n) is 12.4. The van der Waals surface area contributed by atoms with Crippen LogP contribution in [0.3, 0.4) is 0 Å². The van der Waals surface area contributed by atoms with Crippen LogP contribution >= 0.6 is 0 Å². The van der Waals surface area contributed by atoms with Crippen molar-refractivity contribution in [2.24, 2.45) is 0 Å². The predicted molar refractivity (Wildman–Crippen MR) is 130 cm³/mol. The molecule has 0 radical (unpaired) electrons. The lowest BCUT2D eigenvalue weighted by molar-refractivity contribution is 0.0272. The third-order valence-electron chi connectivity index (χ3n) is 7.13. The van der Waals surface area contributed by atoms with E-state index < -0.39 is 5.82 Å². The van der Waals surface area contributed by atoms with E-state index in [0.29, 0.717) is 56.5 Å². The molecule has 36 heavy (non-hydrogen) atoms. The van der Waals surface area contributed by atoms with Gasteiger partial charge in [0.15, 0.2) is 0 Å². The Morgan fingerprint density at radius 3 is 2.42 bits per heavy atom. The number of carbonyl (C=O) groups is 1. The van der Waals surface area contributed by atoms with E-state index in [1.54, 1.807) is 24.2 Å². The van der Waals surface area contributed by atoms with Crippen LogP contribution in [0.2, 0.25) is 0 Å². The van der Waals surface area contributed by atoms with E-state index >= 15 is 4.39 Å². The molecule has 0 atom stereocenters. The molecule has 2 aliphatic heterocycles. The molecule has 0 spiro atoms. The number of anilines is 1. The molecule has 0 unspecified atom stereocenters. The van der Waals surface area contributed by atoms with Crippen molar-refractivity contribution in [2.75, 3.05) is 71.5 Å². The molecular weight excluding hydrogens is 467 g/mol. The van der Waals surface area contributed by atoms with Gasteiger partial charge in [-0.05, 0) is 14.0 Å². The van der Waals surface area contributed by atoms with Crippen LogP contribution in [0.1, 0.15) is 18.7 Å². The van der Waals surface area contributed by atoms with Gasteiger partial charge in [-0.1, -0.05) is 0 Å². The van der Waals surface area contributed by atoms with Gasteiger partial charge in [0.25, 0.3) is 5.88 Å². The van der Waals surface area contributed by atoms with Crippen molar-refractivity contribution >= 4 is 12.0 Å². The number of rotatable bonds is 5. The SMILES string of the molecule is Cc1ncc(-c2nc(N3CCOCC3)nc(O[C@H]3C[C@H](N(C)C(=O)N4CCN(C)CC4)C3)c2F)cn1. The summed E-state index contributed by atoms with van der Waals surface area (Å²) in [6.07, 6.45) is 4.12. The number of carbonyl (C=O) groups excluding carboxylic acids is 1. The van der Waals surface area contributed by atoms with Crippen LogP contribution in [-0.4, -0.2) is 119 Å². The monoisotopic (exact) mass is 500 g/mol. The van der Waals surface area contributed by atoms with Crippen molar-refractivity contribution in [1.82, 2.24) is 34.6 Å². The number of urea groups is 1. The van der Waals surface area contributed by atoms with Gasteiger partial charge in [-0.15, -0.1) is 0 Å². The molecule has 0 aromatic carbocycles. The molecule has 4 heterocycles. The quantitative estimate of drug-likeness (QED) is 0.604. The molecule has 12 heteroatoms. The molecule has 2 aromatic heterocycles. The lowest BCUT2D eigenvalue weighted by Crippen LogP contribution is -2.56. The molecule has 1 aliphatic carbocycles. The number of ether oxygens (including phenoxy) is 2. The van der Waals surface area contributed by atoms with Crippen molar-refractivity contribution in [3.8, 4) is 17.1 Å². The van der Waals surface area contributed by atoms with E-state index in [0.717, 1.165) is 26.2 Å². The molecule has 0 N–H and O–H groups in total. The highest BCUT2D eigenvalue weighted by Gasteiger charge is 2.38. The van der Waals surface area contributed by atoms with Gasteiger partial charge in [-0.2, -0.15) is 9.37 Å². The fraction of sp³-hybridized carbons (Fsp3) is 0.625. The number of hydrogen-bond donors (Lipinski definition) is 0. The van der Waals surface area contributed by atoms with Crippen LogP contribution in [0.4, 0.5) is 15.1 Å². The van der Waals surface area contributed by atoms with Crippen LogP contribution in [0.25, 0.3) is 11.3 Å². The van der Waals surface area contributed by atoms with Crippen molar-refractivity contribution in [3.05, 3.63) is 24.0 Å². The Morgan fingerprint density at radius 2 is 1.75 bits per heavy atom. The lowest BCUT2D eigenvalue weighted by Gasteiger charge is -2.43. The molecular formula is C24H33FN8O3. The van der Waals surface area contributed by atoms with E-state index in [-0.39, 0.29) is 29.8 Å².